The monoisotopic (exact) mass is 654 g/mol. The molecule has 3 nitrogen and oxygen atoms in total. The van der Waals surface area contributed by atoms with Crippen LogP contribution in [0.3, 0.4) is 0 Å². The van der Waals surface area contributed by atoms with Gasteiger partial charge >= 0.3 is 0 Å². The predicted molar refractivity (Wildman–Crippen MR) is 211 cm³/mol. The highest BCUT2D eigenvalue weighted by Gasteiger charge is 2.17. The summed E-state index contributed by atoms with van der Waals surface area (Å²) in [7, 11) is 0. The molecule has 0 radical (unpaired) electrons. The van der Waals surface area contributed by atoms with Gasteiger partial charge in [-0.05, 0) is 68.9 Å². The average Bonchev–Trinajstić information content (AvgIpc) is 3.75. The van der Waals surface area contributed by atoms with Gasteiger partial charge in [0.2, 0.25) is 0 Å². The molecule has 0 N–H and O–H groups in total. The maximum absolute atomic E-state index is 6.37. The summed E-state index contributed by atoms with van der Waals surface area (Å²) in [6.45, 7) is 0. The molecule has 0 bridgehead atoms. The minimum atomic E-state index is 0.912. The number of nitrogens with zero attached hydrogens (tertiary/aromatic N) is 2. The van der Waals surface area contributed by atoms with Crippen molar-refractivity contribution in [2.45, 2.75) is 0 Å². The summed E-state index contributed by atoms with van der Waals surface area (Å²) < 4.78 is 7.57. The summed E-state index contributed by atoms with van der Waals surface area (Å²) in [4.78, 5) is 11.6. The van der Waals surface area contributed by atoms with Gasteiger partial charge in [-0.1, -0.05) is 127 Å². The second-order valence-corrected chi connectivity index (χ2v) is 14.0. The van der Waals surface area contributed by atoms with Crippen molar-refractivity contribution in [3.05, 3.63) is 158 Å². The van der Waals surface area contributed by atoms with E-state index in [-0.39, 0.29) is 0 Å². The number of benzene rings is 8. The van der Waals surface area contributed by atoms with Gasteiger partial charge < -0.3 is 4.42 Å². The van der Waals surface area contributed by atoms with Gasteiger partial charge in [0.05, 0.1) is 11.0 Å². The van der Waals surface area contributed by atoms with E-state index >= 15 is 0 Å². The van der Waals surface area contributed by atoms with E-state index < -0.39 is 0 Å². The third-order valence-electron chi connectivity index (χ3n) is 10.1. The van der Waals surface area contributed by atoms with Gasteiger partial charge in [-0.15, -0.1) is 11.3 Å². The fourth-order valence-corrected chi connectivity index (χ4v) is 8.70. The molecule has 11 aromatic rings. The maximum Gasteiger partial charge on any atom is 0.143 e. The van der Waals surface area contributed by atoms with Crippen LogP contribution in [0.4, 0.5) is 0 Å². The number of furan rings is 1. The SMILES string of the molecule is c1cc(-c2cccc(-c3cccc4c3oc3ccccc34)c2)cc(-c2ccc3sc4nc5c6ccccc6c6ccccc6c5nc4c3c2)c1. The number of thiophene rings is 1. The third kappa shape index (κ3) is 4.09. The van der Waals surface area contributed by atoms with Crippen LogP contribution < -0.4 is 0 Å². The Hall–Kier alpha value is -6.36. The molecule has 0 saturated heterocycles. The summed E-state index contributed by atoms with van der Waals surface area (Å²) in [5.74, 6) is 0. The number of rotatable bonds is 3. The molecule has 50 heavy (non-hydrogen) atoms. The molecule has 0 aliphatic rings. The van der Waals surface area contributed by atoms with Crippen LogP contribution in [0.15, 0.2) is 162 Å². The Bertz CT molecular complexity index is 3170. The highest BCUT2D eigenvalue weighted by Crippen LogP contribution is 2.41. The van der Waals surface area contributed by atoms with Crippen LogP contribution in [-0.2, 0) is 0 Å². The summed E-state index contributed by atoms with van der Waals surface area (Å²) >= 11 is 1.71. The quantitative estimate of drug-likeness (QED) is 0.178. The summed E-state index contributed by atoms with van der Waals surface area (Å²) in [6.07, 6.45) is 0. The number of hydrogen-bond acceptors (Lipinski definition) is 4. The molecule has 4 heteroatoms. The second-order valence-electron chi connectivity index (χ2n) is 12.9. The zero-order valence-electron chi connectivity index (χ0n) is 26.7. The first-order valence-electron chi connectivity index (χ1n) is 16.8. The van der Waals surface area contributed by atoms with Gasteiger partial charge in [-0.2, -0.15) is 0 Å². The van der Waals surface area contributed by atoms with Crippen molar-refractivity contribution in [1.29, 1.82) is 0 Å². The Morgan fingerprint density at radius 3 is 1.68 bits per heavy atom. The minimum Gasteiger partial charge on any atom is -0.455 e. The molecule has 0 fully saturated rings. The Morgan fingerprint density at radius 2 is 0.940 bits per heavy atom. The summed E-state index contributed by atoms with van der Waals surface area (Å²) in [6, 6.07) is 56.1. The third-order valence-corrected chi connectivity index (χ3v) is 11.1. The topological polar surface area (TPSA) is 38.9 Å². The van der Waals surface area contributed by atoms with E-state index in [9.17, 15) is 0 Å². The lowest BCUT2D eigenvalue weighted by Crippen LogP contribution is -1.89. The Morgan fingerprint density at radius 1 is 0.380 bits per heavy atom. The van der Waals surface area contributed by atoms with Gasteiger partial charge in [0.15, 0.2) is 0 Å². The molecule has 232 valence electrons. The van der Waals surface area contributed by atoms with Crippen LogP contribution in [0.5, 0.6) is 0 Å². The first-order valence-corrected chi connectivity index (χ1v) is 17.6. The number of hydrogen-bond donors (Lipinski definition) is 0. The second kappa shape index (κ2) is 10.6. The first kappa shape index (κ1) is 27.6. The van der Waals surface area contributed by atoms with Crippen molar-refractivity contribution < 1.29 is 4.42 Å². The molecule has 3 heterocycles. The number of para-hydroxylation sites is 2. The van der Waals surface area contributed by atoms with E-state index in [4.69, 9.17) is 14.4 Å². The molecule has 8 aromatic carbocycles. The highest BCUT2D eigenvalue weighted by atomic mass is 32.1. The molecule has 0 saturated carbocycles. The van der Waals surface area contributed by atoms with Gasteiger partial charge in [-0.3, -0.25) is 0 Å². The first-order chi connectivity index (χ1) is 24.8. The minimum absolute atomic E-state index is 0.912. The lowest BCUT2D eigenvalue weighted by atomic mass is 9.95. The molecule has 0 amide bonds. The van der Waals surface area contributed by atoms with E-state index in [0.717, 1.165) is 81.7 Å². The van der Waals surface area contributed by atoms with Crippen LogP contribution in [-0.4, -0.2) is 9.97 Å². The zero-order chi connectivity index (χ0) is 32.8. The van der Waals surface area contributed by atoms with Crippen molar-refractivity contribution in [3.63, 3.8) is 0 Å². The molecule has 0 aliphatic heterocycles. The van der Waals surface area contributed by atoms with Gasteiger partial charge in [0.1, 0.15) is 21.5 Å². The van der Waals surface area contributed by atoms with E-state index in [1.807, 2.05) is 12.1 Å². The average molecular weight is 655 g/mol. The van der Waals surface area contributed by atoms with Gasteiger partial charge in [0, 0.05) is 37.2 Å². The predicted octanol–water partition coefficient (Wildman–Crippen LogP) is 13.2. The van der Waals surface area contributed by atoms with Crippen LogP contribution in [0, 0.1) is 0 Å². The zero-order valence-corrected chi connectivity index (χ0v) is 27.5. The molecule has 0 atom stereocenters. The Labute approximate surface area is 290 Å². The molecule has 11 rings (SSSR count). The van der Waals surface area contributed by atoms with Crippen molar-refractivity contribution in [2.24, 2.45) is 0 Å². The number of aromatic nitrogens is 2. The molecule has 0 spiro atoms. The van der Waals surface area contributed by atoms with E-state index in [2.05, 4.69) is 146 Å². The smallest absolute Gasteiger partial charge is 0.143 e. The molecule has 0 aliphatic carbocycles. The van der Waals surface area contributed by atoms with E-state index in [1.165, 1.54) is 26.6 Å². The molecule has 3 aromatic heterocycles. The van der Waals surface area contributed by atoms with Crippen molar-refractivity contribution >= 4 is 86.3 Å². The van der Waals surface area contributed by atoms with Crippen LogP contribution >= 0.6 is 11.3 Å². The Balaban J connectivity index is 1.03. The van der Waals surface area contributed by atoms with E-state index in [1.54, 1.807) is 11.3 Å². The fraction of sp³-hybridized carbons (Fsp3) is 0. The van der Waals surface area contributed by atoms with Crippen molar-refractivity contribution in [3.8, 4) is 33.4 Å². The van der Waals surface area contributed by atoms with Crippen molar-refractivity contribution in [1.82, 2.24) is 9.97 Å². The Kier molecular flexibility index (Phi) is 5.83. The van der Waals surface area contributed by atoms with Crippen LogP contribution in [0.25, 0.3) is 108 Å². The molecular weight excluding hydrogens is 629 g/mol. The highest BCUT2D eigenvalue weighted by molar-refractivity contribution is 7.25. The van der Waals surface area contributed by atoms with E-state index in [0.29, 0.717) is 0 Å². The maximum atomic E-state index is 6.37. The summed E-state index contributed by atoms with van der Waals surface area (Å²) in [5, 5.41) is 8.12. The standard InChI is InChI=1S/C46H26N2OS/c1-3-17-36-33(14-1)34-15-2-4-18-37(34)43-42(36)47-44-39-26-30(22-23-41(39)50-46(44)48-43)28-11-7-10-27(24-28)29-12-8-13-31(25-29)32-19-9-20-38-35-16-5-6-21-40(35)49-45(32)38/h1-26H. The summed E-state index contributed by atoms with van der Waals surface area (Å²) in [5.41, 5.74) is 11.6. The largest absolute Gasteiger partial charge is 0.455 e. The molecule has 0 unspecified atom stereocenters. The lowest BCUT2D eigenvalue weighted by Gasteiger charge is -2.10. The normalized spacial score (nSPS) is 12.0. The fourth-order valence-electron chi connectivity index (χ4n) is 7.70. The van der Waals surface area contributed by atoms with Crippen LogP contribution in [0.2, 0.25) is 0 Å². The van der Waals surface area contributed by atoms with Crippen molar-refractivity contribution in [2.75, 3.05) is 0 Å². The van der Waals surface area contributed by atoms with Gasteiger partial charge in [-0.25, -0.2) is 9.97 Å². The lowest BCUT2D eigenvalue weighted by molar-refractivity contribution is 0.670. The molecular formula is C46H26N2OS. The van der Waals surface area contributed by atoms with Gasteiger partial charge in [0.25, 0.3) is 0 Å². The van der Waals surface area contributed by atoms with Crippen LogP contribution in [0.1, 0.15) is 0 Å². The number of fused-ring (bicyclic) bond motifs is 12.